The van der Waals surface area contributed by atoms with Crippen molar-refractivity contribution < 1.29 is 14.0 Å². The summed E-state index contributed by atoms with van der Waals surface area (Å²) in [5, 5.41) is 7.12. The number of benzene rings is 1. The van der Waals surface area contributed by atoms with Crippen molar-refractivity contribution >= 4 is 5.65 Å². The zero-order valence-corrected chi connectivity index (χ0v) is 17.6. The van der Waals surface area contributed by atoms with Gasteiger partial charge >= 0.3 is 0 Å². The molecule has 1 aliphatic heterocycles. The summed E-state index contributed by atoms with van der Waals surface area (Å²) in [5.41, 5.74) is 4.53. The number of rotatable bonds is 5. The first-order valence-corrected chi connectivity index (χ1v) is 10.1. The van der Waals surface area contributed by atoms with Crippen molar-refractivity contribution in [2.24, 2.45) is 0 Å². The van der Waals surface area contributed by atoms with E-state index in [0.29, 0.717) is 52.9 Å². The number of nitrogens with zero attached hydrogens (tertiary/aromatic N) is 4. The Morgan fingerprint density at radius 3 is 2.74 bits per heavy atom. The lowest BCUT2D eigenvalue weighted by atomic mass is 10.1. The van der Waals surface area contributed by atoms with E-state index in [1.54, 1.807) is 14.2 Å². The third kappa shape index (κ3) is 3.46. The molecule has 1 aliphatic rings. The lowest BCUT2D eigenvalue weighted by Gasteiger charge is -2.27. The van der Waals surface area contributed by atoms with Crippen LogP contribution in [0.3, 0.4) is 0 Å². The number of nitrogens with one attached hydrogen (secondary N) is 1. The molecule has 9 heteroatoms. The number of fused-ring (bicyclic) bond motifs is 2. The van der Waals surface area contributed by atoms with Crippen molar-refractivity contribution in [3.63, 3.8) is 0 Å². The first kappa shape index (κ1) is 19.4. The van der Waals surface area contributed by atoms with E-state index in [4.69, 9.17) is 19.0 Å². The van der Waals surface area contributed by atoms with Crippen molar-refractivity contribution in [1.29, 1.82) is 0 Å². The van der Waals surface area contributed by atoms with Gasteiger partial charge in [0.05, 0.1) is 31.2 Å². The SMILES string of the molecule is COc1ccc(CN2CCc3nc4cc(-c5cc(C)on5)[nH]n4c(=O)c3C2)cc1OC. The summed E-state index contributed by atoms with van der Waals surface area (Å²) < 4.78 is 17.4. The number of H-pyrrole nitrogens is 1. The smallest absolute Gasteiger partial charge is 0.277 e. The number of aryl methyl sites for hydroxylation is 1. The molecular weight excluding hydrogens is 398 g/mol. The number of aromatic nitrogens is 4. The van der Waals surface area contributed by atoms with E-state index in [9.17, 15) is 4.79 Å². The van der Waals surface area contributed by atoms with Gasteiger partial charge in [0, 0.05) is 38.2 Å². The highest BCUT2D eigenvalue weighted by atomic mass is 16.5. The zero-order chi connectivity index (χ0) is 21.5. The van der Waals surface area contributed by atoms with Gasteiger partial charge in [-0.2, -0.15) is 0 Å². The molecule has 0 fully saturated rings. The van der Waals surface area contributed by atoms with Crippen LogP contribution in [0.4, 0.5) is 0 Å². The number of aromatic amines is 1. The Balaban J connectivity index is 1.43. The fourth-order valence-corrected chi connectivity index (χ4v) is 4.03. The lowest BCUT2D eigenvalue weighted by molar-refractivity contribution is 0.241. The average Bonchev–Trinajstić information content (AvgIpc) is 3.40. The maximum absolute atomic E-state index is 13.2. The molecule has 4 aromatic rings. The second kappa shape index (κ2) is 7.59. The fraction of sp³-hybridized carbons (Fsp3) is 0.318. The molecule has 5 rings (SSSR count). The van der Waals surface area contributed by atoms with E-state index in [-0.39, 0.29) is 5.56 Å². The lowest BCUT2D eigenvalue weighted by Crippen LogP contribution is -2.36. The fourth-order valence-electron chi connectivity index (χ4n) is 4.03. The van der Waals surface area contributed by atoms with Crippen LogP contribution in [-0.2, 0) is 19.5 Å². The van der Waals surface area contributed by atoms with Crippen LogP contribution >= 0.6 is 0 Å². The predicted octanol–water partition coefficient (Wildman–Crippen LogP) is 2.56. The summed E-state index contributed by atoms with van der Waals surface area (Å²) in [5.74, 6) is 2.10. The van der Waals surface area contributed by atoms with Crippen LogP contribution in [0.15, 0.2) is 39.6 Å². The standard InChI is InChI=1S/C22H23N5O4/c1-13-8-18(25-31-13)17-10-21-23-16-6-7-26(12-15(16)22(28)27(21)24-17)11-14-4-5-19(29-2)20(9-14)30-3/h4-5,8-10,24H,6-7,11-12H2,1-3H3. The van der Waals surface area contributed by atoms with Gasteiger partial charge in [-0.15, -0.1) is 0 Å². The Morgan fingerprint density at radius 2 is 2.00 bits per heavy atom. The Hall–Kier alpha value is -3.59. The summed E-state index contributed by atoms with van der Waals surface area (Å²) in [6.07, 6.45) is 0.720. The van der Waals surface area contributed by atoms with Gasteiger partial charge in [0.25, 0.3) is 5.56 Å². The summed E-state index contributed by atoms with van der Waals surface area (Å²) in [7, 11) is 3.25. The Labute approximate surface area is 178 Å². The van der Waals surface area contributed by atoms with Gasteiger partial charge < -0.3 is 14.0 Å². The second-order valence-corrected chi connectivity index (χ2v) is 7.68. The van der Waals surface area contributed by atoms with Gasteiger partial charge in [-0.05, 0) is 24.6 Å². The van der Waals surface area contributed by atoms with Gasteiger partial charge in [-0.3, -0.25) is 14.8 Å². The molecule has 1 aromatic carbocycles. The molecule has 9 nitrogen and oxygen atoms in total. The summed E-state index contributed by atoms with van der Waals surface area (Å²) in [6.45, 7) is 3.89. The van der Waals surface area contributed by atoms with Gasteiger partial charge in [0.1, 0.15) is 11.5 Å². The molecule has 0 aliphatic carbocycles. The zero-order valence-electron chi connectivity index (χ0n) is 17.6. The largest absolute Gasteiger partial charge is 0.493 e. The third-order valence-corrected chi connectivity index (χ3v) is 5.60. The highest BCUT2D eigenvalue weighted by Gasteiger charge is 2.23. The van der Waals surface area contributed by atoms with Crippen LogP contribution in [0.25, 0.3) is 17.0 Å². The van der Waals surface area contributed by atoms with Crippen LogP contribution in [0, 0.1) is 6.92 Å². The van der Waals surface area contributed by atoms with Crippen molar-refractivity contribution in [1.82, 2.24) is 24.7 Å². The highest BCUT2D eigenvalue weighted by Crippen LogP contribution is 2.29. The molecule has 31 heavy (non-hydrogen) atoms. The molecule has 0 saturated heterocycles. The highest BCUT2D eigenvalue weighted by molar-refractivity contribution is 5.60. The number of hydrogen-bond acceptors (Lipinski definition) is 7. The van der Waals surface area contributed by atoms with E-state index >= 15 is 0 Å². The molecule has 0 unspecified atom stereocenters. The minimum atomic E-state index is -0.0801. The van der Waals surface area contributed by atoms with Crippen LogP contribution in [-0.4, -0.2) is 45.4 Å². The molecule has 0 atom stereocenters. The van der Waals surface area contributed by atoms with E-state index in [0.717, 1.165) is 24.2 Å². The quantitative estimate of drug-likeness (QED) is 0.529. The molecule has 4 heterocycles. The van der Waals surface area contributed by atoms with Gasteiger partial charge in [0.2, 0.25) is 0 Å². The Kier molecular flexibility index (Phi) is 4.74. The van der Waals surface area contributed by atoms with E-state index in [1.807, 2.05) is 37.3 Å². The Bertz CT molecular complexity index is 1320. The van der Waals surface area contributed by atoms with E-state index in [2.05, 4.69) is 15.2 Å². The summed E-state index contributed by atoms with van der Waals surface area (Å²) in [4.78, 5) is 20.2. The molecular formula is C22H23N5O4. The molecule has 160 valence electrons. The van der Waals surface area contributed by atoms with Crippen molar-refractivity contribution in [3.05, 3.63) is 63.3 Å². The molecule has 0 spiro atoms. The predicted molar refractivity (Wildman–Crippen MR) is 113 cm³/mol. The summed E-state index contributed by atoms with van der Waals surface area (Å²) >= 11 is 0. The molecule has 1 N–H and O–H groups in total. The molecule has 3 aromatic heterocycles. The number of methoxy groups -OCH3 is 2. The first-order chi connectivity index (χ1) is 15.1. The number of hydrogen-bond donors (Lipinski definition) is 1. The van der Waals surface area contributed by atoms with Gasteiger partial charge in [-0.1, -0.05) is 11.2 Å². The molecule has 0 amide bonds. The van der Waals surface area contributed by atoms with Crippen molar-refractivity contribution in [3.8, 4) is 22.9 Å². The maximum Gasteiger partial charge on any atom is 0.277 e. The normalized spacial score (nSPS) is 14.0. The second-order valence-electron chi connectivity index (χ2n) is 7.68. The van der Waals surface area contributed by atoms with Crippen LogP contribution < -0.4 is 15.0 Å². The van der Waals surface area contributed by atoms with Crippen LogP contribution in [0.2, 0.25) is 0 Å². The number of ether oxygens (including phenoxy) is 2. The van der Waals surface area contributed by atoms with E-state index in [1.165, 1.54) is 4.52 Å². The third-order valence-electron chi connectivity index (χ3n) is 5.60. The van der Waals surface area contributed by atoms with Crippen molar-refractivity contribution in [2.75, 3.05) is 20.8 Å². The molecule has 0 bridgehead atoms. The van der Waals surface area contributed by atoms with E-state index < -0.39 is 0 Å². The van der Waals surface area contributed by atoms with Crippen molar-refractivity contribution in [2.45, 2.75) is 26.4 Å². The topological polar surface area (TPSA) is 97.9 Å². The maximum atomic E-state index is 13.2. The minimum Gasteiger partial charge on any atom is -0.493 e. The minimum absolute atomic E-state index is 0.0801. The monoisotopic (exact) mass is 421 g/mol. The summed E-state index contributed by atoms with van der Waals surface area (Å²) in [6, 6.07) is 9.54. The first-order valence-electron chi connectivity index (χ1n) is 10.1. The Morgan fingerprint density at radius 1 is 1.16 bits per heavy atom. The van der Waals surface area contributed by atoms with Gasteiger partial charge in [-0.25, -0.2) is 9.50 Å². The van der Waals surface area contributed by atoms with Crippen LogP contribution in [0.1, 0.15) is 22.6 Å². The molecule has 0 saturated carbocycles. The average molecular weight is 421 g/mol. The van der Waals surface area contributed by atoms with Crippen LogP contribution in [0.5, 0.6) is 11.5 Å². The van der Waals surface area contributed by atoms with Gasteiger partial charge in [0.15, 0.2) is 17.1 Å². The molecule has 0 radical (unpaired) electrons.